The zero-order chi connectivity index (χ0) is 20.8. The van der Waals surface area contributed by atoms with E-state index in [0.717, 1.165) is 16.7 Å². The number of hydrogen-bond donors (Lipinski definition) is 2. The van der Waals surface area contributed by atoms with Crippen molar-refractivity contribution in [3.63, 3.8) is 0 Å². The van der Waals surface area contributed by atoms with Crippen LogP contribution in [0.4, 0.5) is 4.79 Å². The predicted octanol–water partition coefficient (Wildman–Crippen LogP) is 3.60. The van der Waals surface area contributed by atoms with E-state index in [2.05, 4.69) is 10.6 Å². The van der Waals surface area contributed by atoms with Gasteiger partial charge in [0.15, 0.2) is 11.5 Å². The molecule has 3 aromatic rings. The number of carbonyl (C=O) groups excluding carboxylic acids is 2. The van der Waals surface area contributed by atoms with Crippen molar-refractivity contribution in [3.05, 3.63) is 95.6 Å². The molecule has 1 aliphatic heterocycles. The van der Waals surface area contributed by atoms with Crippen molar-refractivity contribution in [3.8, 4) is 11.5 Å². The van der Waals surface area contributed by atoms with Crippen LogP contribution in [-0.2, 0) is 24.4 Å². The van der Waals surface area contributed by atoms with Gasteiger partial charge in [-0.25, -0.2) is 4.79 Å². The maximum Gasteiger partial charge on any atom is 0.322 e. The number of imide groups is 1. The summed E-state index contributed by atoms with van der Waals surface area (Å²) in [6, 6.07) is 24.3. The Bertz CT molecular complexity index is 1020. The van der Waals surface area contributed by atoms with Crippen molar-refractivity contribution in [1.82, 2.24) is 10.6 Å². The highest BCUT2D eigenvalue weighted by molar-refractivity contribution is 6.04. The molecule has 152 valence electrons. The highest BCUT2D eigenvalue weighted by atomic mass is 16.5. The predicted molar refractivity (Wildman–Crippen MR) is 112 cm³/mol. The van der Waals surface area contributed by atoms with E-state index < -0.39 is 12.1 Å². The van der Waals surface area contributed by atoms with Gasteiger partial charge in [-0.2, -0.15) is 0 Å². The monoisotopic (exact) mass is 402 g/mol. The summed E-state index contributed by atoms with van der Waals surface area (Å²) in [4.78, 5) is 23.2. The van der Waals surface area contributed by atoms with Gasteiger partial charge in [-0.15, -0.1) is 0 Å². The molecule has 1 unspecified atom stereocenters. The summed E-state index contributed by atoms with van der Waals surface area (Å²) in [6.07, 6.45) is 0.373. The molecule has 6 heteroatoms. The minimum absolute atomic E-state index is 0.323. The van der Waals surface area contributed by atoms with Crippen molar-refractivity contribution >= 4 is 11.9 Å². The second kappa shape index (κ2) is 9.13. The van der Waals surface area contributed by atoms with Crippen LogP contribution < -0.4 is 20.1 Å². The van der Waals surface area contributed by atoms with Crippen LogP contribution in [0, 0.1) is 0 Å². The Morgan fingerprint density at radius 3 is 1.87 bits per heavy atom. The molecule has 1 heterocycles. The Kier molecular flexibility index (Phi) is 5.94. The number of benzene rings is 3. The smallest absolute Gasteiger partial charge is 0.322 e. The van der Waals surface area contributed by atoms with Gasteiger partial charge in [-0.05, 0) is 28.8 Å². The van der Waals surface area contributed by atoms with Crippen LogP contribution in [0.25, 0.3) is 0 Å². The molecule has 6 nitrogen and oxygen atoms in total. The zero-order valence-corrected chi connectivity index (χ0v) is 16.3. The first-order chi connectivity index (χ1) is 14.7. The van der Waals surface area contributed by atoms with Crippen molar-refractivity contribution in [2.75, 3.05) is 0 Å². The molecule has 0 bridgehead atoms. The molecule has 1 saturated heterocycles. The third-order valence-electron chi connectivity index (χ3n) is 4.78. The van der Waals surface area contributed by atoms with E-state index in [0.29, 0.717) is 31.1 Å². The van der Waals surface area contributed by atoms with Crippen molar-refractivity contribution in [2.45, 2.75) is 25.7 Å². The number of carbonyl (C=O) groups is 2. The van der Waals surface area contributed by atoms with Crippen molar-refractivity contribution < 1.29 is 19.1 Å². The summed E-state index contributed by atoms with van der Waals surface area (Å²) in [7, 11) is 0. The van der Waals surface area contributed by atoms with E-state index in [1.807, 2.05) is 78.9 Å². The van der Waals surface area contributed by atoms with Gasteiger partial charge < -0.3 is 14.8 Å². The van der Waals surface area contributed by atoms with Gasteiger partial charge in [0.2, 0.25) is 0 Å². The lowest BCUT2D eigenvalue weighted by Gasteiger charge is -2.15. The quantitative estimate of drug-likeness (QED) is 0.565. The SMILES string of the molecule is O=C1NC(=O)C(Cc2ccc(OCc3ccccc3)c(OCc3ccccc3)c2)N1. The molecule has 30 heavy (non-hydrogen) atoms. The van der Waals surface area contributed by atoms with Crippen LogP contribution in [0.1, 0.15) is 16.7 Å². The average molecular weight is 402 g/mol. The molecular weight excluding hydrogens is 380 g/mol. The van der Waals surface area contributed by atoms with Crippen LogP contribution in [-0.4, -0.2) is 18.0 Å². The summed E-state index contributed by atoms with van der Waals surface area (Å²) in [5.74, 6) is 0.895. The van der Waals surface area contributed by atoms with Gasteiger partial charge in [0.1, 0.15) is 19.3 Å². The summed E-state index contributed by atoms with van der Waals surface area (Å²) in [5.41, 5.74) is 2.97. The lowest BCUT2D eigenvalue weighted by molar-refractivity contribution is -0.120. The number of amides is 3. The fraction of sp³-hybridized carbons (Fsp3) is 0.167. The standard InChI is InChI=1S/C24H22N2O4/c27-23-20(25-24(28)26-23)13-19-11-12-21(29-15-17-7-3-1-4-8-17)22(14-19)30-16-18-9-5-2-6-10-18/h1-12,14,20H,13,15-16H2,(H2,25,26,27,28). The molecule has 1 aliphatic rings. The average Bonchev–Trinajstić information content (AvgIpc) is 3.09. The van der Waals surface area contributed by atoms with E-state index in [-0.39, 0.29) is 5.91 Å². The van der Waals surface area contributed by atoms with Crippen LogP contribution in [0.5, 0.6) is 11.5 Å². The molecule has 1 fully saturated rings. The third kappa shape index (κ3) is 4.97. The topological polar surface area (TPSA) is 76.7 Å². The van der Waals surface area contributed by atoms with E-state index in [1.165, 1.54) is 0 Å². The highest BCUT2D eigenvalue weighted by Gasteiger charge is 2.29. The van der Waals surface area contributed by atoms with Gasteiger partial charge in [-0.3, -0.25) is 10.1 Å². The minimum Gasteiger partial charge on any atom is -0.485 e. The van der Waals surface area contributed by atoms with Gasteiger partial charge in [0.25, 0.3) is 5.91 Å². The first-order valence-electron chi connectivity index (χ1n) is 9.75. The lowest BCUT2D eigenvalue weighted by atomic mass is 10.1. The third-order valence-corrected chi connectivity index (χ3v) is 4.78. The first kappa shape index (κ1) is 19.5. The number of urea groups is 1. The van der Waals surface area contributed by atoms with Gasteiger partial charge in [0.05, 0.1) is 0 Å². The maximum absolute atomic E-state index is 11.9. The Morgan fingerprint density at radius 1 is 0.700 bits per heavy atom. The molecule has 0 radical (unpaired) electrons. The number of hydrogen-bond acceptors (Lipinski definition) is 4. The fourth-order valence-electron chi connectivity index (χ4n) is 3.22. The summed E-state index contributed by atoms with van der Waals surface area (Å²) in [6.45, 7) is 0.815. The fourth-order valence-corrected chi connectivity index (χ4v) is 3.22. The Balaban J connectivity index is 1.51. The molecule has 0 spiro atoms. The highest BCUT2D eigenvalue weighted by Crippen LogP contribution is 2.30. The maximum atomic E-state index is 11.9. The minimum atomic E-state index is -0.587. The van der Waals surface area contributed by atoms with Crippen LogP contribution >= 0.6 is 0 Å². The second-order valence-electron chi connectivity index (χ2n) is 7.05. The first-order valence-corrected chi connectivity index (χ1v) is 9.75. The van der Waals surface area contributed by atoms with E-state index in [4.69, 9.17) is 9.47 Å². The molecular formula is C24H22N2O4. The molecule has 3 amide bonds. The van der Waals surface area contributed by atoms with Crippen molar-refractivity contribution in [1.29, 1.82) is 0 Å². The van der Waals surface area contributed by atoms with E-state index in [9.17, 15) is 9.59 Å². The summed E-state index contributed by atoms with van der Waals surface area (Å²) >= 11 is 0. The van der Waals surface area contributed by atoms with Crippen LogP contribution in [0.2, 0.25) is 0 Å². The summed E-state index contributed by atoms with van der Waals surface area (Å²) in [5, 5.41) is 4.87. The van der Waals surface area contributed by atoms with Crippen LogP contribution in [0.3, 0.4) is 0 Å². The largest absolute Gasteiger partial charge is 0.485 e. The van der Waals surface area contributed by atoms with Crippen LogP contribution in [0.15, 0.2) is 78.9 Å². The zero-order valence-electron chi connectivity index (χ0n) is 16.3. The van der Waals surface area contributed by atoms with Gasteiger partial charge >= 0.3 is 6.03 Å². The molecule has 0 aromatic heterocycles. The normalized spacial score (nSPS) is 15.4. The van der Waals surface area contributed by atoms with Gasteiger partial charge in [-0.1, -0.05) is 66.7 Å². The Morgan fingerprint density at radius 2 is 1.30 bits per heavy atom. The van der Waals surface area contributed by atoms with Gasteiger partial charge in [0, 0.05) is 6.42 Å². The van der Waals surface area contributed by atoms with E-state index in [1.54, 1.807) is 0 Å². The molecule has 0 aliphatic carbocycles. The lowest BCUT2D eigenvalue weighted by Crippen LogP contribution is -2.31. The Labute approximate surface area is 174 Å². The number of rotatable bonds is 8. The number of nitrogens with one attached hydrogen (secondary N) is 2. The molecule has 1 atom stereocenters. The van der Waals surface area contributed by atoms with E-state index >= 15 is 0 Å². The Hall–Kier alpha value is -3.80. The molecule has 2 N–H and O–H groups in total. The second-order valence-corrected chi connectivity index (χ2v) is 7.05. The molecule has 0 saturated carbocycles. The van der Waals surface area contributed by atoms with Crippen molar-refractivity contribution in [2.24, 2.45) is 0 Å². The summed E-state index contributed by atoms with van der Waals surface area (Å²) < 4.78 is 12.1. The molecule has 4 rings (SSSR count). The molecule has 3 aromatic carbocycles. The number of ether oxygens (including phenoxy) is 2.